The van der Waals surface area contributed by atoms with Crippen molar-refractivity contribution in [3.63, 3.8) is 0 Å². The van der Waals surface area contributed by atoms with Gasteiger partial charge in [0.15, 0.2) is 0 Å². The summed E-state index contributed by atoms with van der Waals surface area (Å²) in [5, 5.41) is 10.4. The molecule has 0 amide bonds. The molecule has 0 aromatic carbocycles. The zero-order valence-corrected chi connectivity index (χ0v) is 11.2. The predicted molar refractivity (Wildman–Crippen MR) is 38.2 cm³/mol. The van der Waals surface area contributed by atoms with Crippen LogP contribution in [0, 0.1) is 11.3 Å². The van der Waals surface area contributed by atoms with Gasteiger partial charge in [-0.2, -0.15) is 0 Å². The van der Waals surface area contributed by atoms with Crippen LogP contribution in [0.4, 0.5) is 0 Å². The SMILES string of the molecule is CC(C)CC(C)(C)C(=O)[O-].[K+]. The molecule has 60 valence electrons. The third-order valence-electron chi connectivity index (χ3n) is 1.47. The number of carbonyl (C=O) groups is 1. The van der Waals surface area contributed by atoms with Crippen molar-refractivity contribution < 1.29 is 61.3 Å². The van der Waals surface area contributed by atoms with Crippen molar-refractivity contribution >= 4 is 5.97 Å². The second-order valence-electron chi connectivity index (χ2n) is 3.77. The Hall–Kier alpha value is 1.11. The minimum absolute atomic E-state index is 0. The molecule has 0 N–H and O–H groups in total. The number of hydrogen-bond acceptors (Lipinski definition) is 2. The van der Waals surface area contributed by atoms with E-state index in [0.29, 0.717) is 12.3 Å². The van der Waals surface area contributed by atoms with Crippen molar-refractivity contribution in [1.82, 2.24) is 0 Å². The van der Waals surface area contributed by atoms with Crippen molar-refractivity contribution in [3.8, 4) is 0 Å². The van der Waals surface area contributed by atoms with Crippen molar-refractivity contribution in [2.75, 3.05) is 0 Å². The zero-order valence-electron chi connectivity index (χ0n) is 8.10. The second kappa shape index (κ2) is 5.70. The van der Waals surface area contributed by atoms with Crippen LogP contribution < -0.4 is 56.5 Å². The minimum Gasteiger partial charge on any atom is -0.550 e. The number of carboxylic acids is 1. The van der Waals surface area contributed by atoms with Crippen LogP contribution in [-0.2, 0) is 4.79 Å². The van der Waals surface area contributed by atoms with Crippen molar-refractivity contribution in [3.05, 3.63) is 0 Å². The molecule has 0 aliphatic carbocycles. The Bertz CT molecular complexity index is 130. The molecule has 0 saturated heterocycles. The first-order valence-electron chi connectivity index (χ1n) is 3.57. The van der Waals surface area contributed by atoms with Crippen molar-refractivity contribution in [1.29, 1.82) is 0 Å². The molecule has 0 fully saturated rings. The molecule has 11 heavy (non-hydrogen) atoms. The zero-order chi connectivity index (χ0) is 8.36. The summed E-state index contributed by atoms with van der Waals surface area (Å²) in [5.74, 6) is -0.547. The molecule has 0 atom stereocenters. The number of rotatable bonds is 3. The van der Waals surface area contributed by atoms with E-state index in [4.69, 9.17) is 0 Å². The monoisotopic (exact) mass is 182 g/mol. The van der Waals surface area contributed by atoms with Crippen LogP contribution in [0.2, 0.25) is 0 Å². The normalized spacial score (nSPS) is 11.0. The fourth-order valence-corrected chi connectivity index (χ4v) is 1.10. The van der Waals surface area contributed by atoms with Crippen LogP contribution in [0.3, 0.4) is 0 Å². The Morgan fingerprint density at radius 1 is 1.45 bits per heavy atom. The van der Waals surface area contributed by atoms with Gasteiger partial charge >= 0.3 is 51.4 Å². The minimum atomic E-state index is -0.957. The van der Waals surface area contributed by atoms with E-state index < -0.39 is 11.4 Å². The summed E-state index contributed by atoms with van der Waals surface area (Å²) in [4.78, 5) is 10.4. The maximum Gasteiger partial charge on any atom is 1.00 e. The van der Waals surface area contributed by atoms with E-state index in [0.717, 1.165) is 0 Å². The molecular formula is C8H15KO2. The van der Waals surface area contributed by atoms with Gasteiger partial charge in [-0.25, -0.2) is 0 Å². The van der Waals surface area contributed by atoms with Gasteiger partial charge in [-0.15, -0.1) is 0 Å². The van der Waals surface area contributed by atoms with Crippen molar-refractivity contribution in [2.24, 2.45) is 11.3 Å². The first-order chi connectivity index (χ1) is 4.36. The number of aliphatic carboxylic acids is 1. The Balaban J connectivity index is 0. The maximum atomic E-state index is 10.4. The molecule has 2 nitrogen and oxygen atoms in total. The fourth-order valence-electron chi connectivity index (χ4n) is 1.10. The second-order valence-corrected chi connectivity index (χ2v) is 3.77. The Morgan fingerprint density at radius 2 is 1.82 bits per heavy atom. The molecule has 0 aromatic heterocycles. The summed E-state index contributed by atoms with van der Waals surface area (Å²) in [6.45, 7) is 7.40. The summed E-state index contributed by atoms with van der Waals surface area (Å²) in [7, 11) is 0. The molecule has 0 aliphatic heterocycles. The molecule has 0 heterocycles. The smallest absolute Gasteiger partial charge is 0.550 e. The molecular weight excluding hydrogens is 167 g/mol. The average Bonchev–Trinajstić information content (AvgIpc) is 1.60. The standard InChI is InChI=1S/C8H16O2.K/c1-6(2)5-8(3,4)7(9)10;/h6H,5H2,1-4H3,(H,9,10);/q;+1/p-1. The van der Waals surface area contributed by atoms with Gasteiger partial charge in [0.25, 0.3) is 0 Å². The molecule has 0 radical (unpaired) electrons. The van der Waals surface area contributed by atoms with E-state index >= 15 is 0 Å². The molecule has 0 saturated carbocycles. The summed E-state index contributed by atoms with van der Waals surface area (Å²) in [5.41, 5.74) is -0.672. The van der Waals surface area contributed by atoms with E-state index in [1.54, 1.807) is 13.8 Å². The molecule has 0 unspecified atom stereocenters. The molecule has 3 heteroatoms. The first-order valence-corrected chi connectivity index (χ1v) is 3.57. The van der Waals surface area contributed by atoms with Gasteiger partial charge < -0.3 is 9.90 Å². The van der Waals surface area contributed by atoms with Gasteiger partial charge in [0.2, 0.25) is 0 Å². The van der Waals surface area contributed by atoms with Gasteiger partial charge in [0, 0.05) is 11.4 Å². The van der Waals surface area contributed by atoms with Gasteiger partial charge in [-0.3, -0.25) is 0 Å². The van der Waals surface area contributed by atoms with Gasteiger partial charge in [-0.05, 0) is 12.3 Å². The predicted octanol–water partition coefficient (Wildman–Crippen LogP) is -2.19. The van der Waals surface area contributed by atoms with E-state index in [2.05, 4.69) is 0 Å². The van der Waals surface area contributed by atoms with Gasteiger partial charge in [0.1, 0.15) is 0 Å². The number of carboxylic acid groups (broad SMARTS) is 1. The van der Waals surface area contributed by atoms with Crippen LogP contribution in [0.1, 0.15) is 34.1 Å². The van der Waals surface area contributed by atoms with Crippen molar-refractivity contribution in [2.45, 2.75) is 34.1 Å². The Kier molecular flexibility index (Phi) is 7.58. The number of hydrogen-bond donors (Lipinski definition) is 0. The van der Waals surface area contributed by atoms with Crippen LogP contribution in [0.25, 0.3) is 0 Å². The summed E-state index contributed by atoms with van der Waals surface area (Å²) >= 11 is 0. The molecule has 0 bridgehead atoms. The number of carbonyl (C=O) groups excluding carboxylic acids is 1. The summed E-state index contributed by atoms with van der Waals surface area (Å²) < 4.78 is 0. The summed E-state index contributed by atoms with van der Waals surface area (Å²) in [6, 6.07) is 0. The van der Waals surface area contributed by atoms with Crippen LogP contribution in [0.15, 0.2) is 0 Å². The molecule has 0 spiro atoms. The Labute approximate surface area is 111 Å². The van der Waals surface area contributed by atoms with E-state index in [9.17, 15) is 9.90 Å². The molecule has 0 aromatic rings. The summed E-state index contributed by atoms with van der Waals surface area (Å²) in [6.07, 6.45) is 0.676. The maximum absolute atomic E-state index is 10.4. The van der Waals surface area contributed by atoms with Gasteiger partial charge in [0.05, 0.1) is 0 Å². The third kappa shape index (κ3) is 6.28. The quantitative estimate of drug-likeness (QED) is 0.465. The van der Waals surface area contributed by atoms with Crippen LogP contribution in [-0.4, -0.2) is 5.97 Å². The average molecular weight is 182 g/mol. The largest absolute Gasteiger partial charge is 1.00 e. The molecule has 0 rings (SSSR count). The topological polar surface area (TPSA) is 40.1 Å². The third-order valence-corrected chi connectivity index (χ3v) is 1.47. The first kappa shape index (κ1) is 14.6. The Morgan fingerprint density at radius 3 is 1.91 bits per heavy atom. The van der Waals surface area contributed by atoms with Crippen LogP contribution in [0.5, 0.6) is 0 Å². The molecule has 0 aliphatic rings. The van der Waals surface area contributed by atoms with E-state index in [1.807, 2.05) is 13.8 Å². The fraction of sp³-hybridized carbons (Fsp3) is 0.875. The van der Waals surface area contributed by atoms with Crippen LogP contribution >= 0.6 is 0 Å². The van der Waals surface area contributed by atoms with Gasteiger partial charge in [-0.1, -0.05) is 27.7 Å². The van der Waals surface area contributed by atoms with E-state index in [1.165, 1.54) is 0 Å². The van der Waals surface area contributed by atoms with E-state index in [-0.39, 0.29) is 51.4 Å².